The van der Waals surface area contributed by atoms with Crippen LogP contribution in [0.15, 0.2) is 69.2 Å². The third-order valence-corrected chi connectivity index (χ3v) is 4.36. The van der Waals surface area contributed by atoms with E-state index < -0.39 is 22.9 Å². The predicted molar refractivity (Wildman–Crippen MR) is 106 cm³/mol. The van der Waals surface area contributed by atoms with E-state index in [1.54, 1.807) is 0 Å². The molecule has 7 heteroatoms. The Morgan fingerprint density at radius 2 is 1.82 bits per heavy atom. The normalized spacial score (nSPS) is 12.4. The zero-order valence-electron chi connectivity index (χ0n) is 15.3. The molecule has 1 aromatic heterocycles. The second kappa shape index (κ2) is 8.47. The Balaban J connectivity index is 1.84. The molecule has 0 spiro atoms. The molecule has 0 aliphatic heterocycles. The van der Waals surface area contributed by atoms with Gasteiger partial charge in [0, 0.05) is 12.3 Å². The van der Waals surface area contributed by atoms with Crippen molar-refractivity contribution in [1.29, 1.82) is 0 Å². The summed E-state index contributed by atoms with van der Waals surface area (Å²) in [5.41, 5.74) is -0.263. The maximum absolute atomic E-state index is 13.1. The molecule has 0 unspecified atom stereocenters. The fraction of sp³-hybridized carbons (Fsp3) is 0.190. The summed E-state index contributed by atoms with van der Waals surface area (Å²) in [6.07, 6.45) is 2.86. The first-order valence-corrected chi connectivity index (χ1v) is 8.87. The monoisotopic (exact) mass is 381 g/mol. The van der Waals surface area contributed by atoms with Crippen molar-refractivity contribution < 1.29 is 9.50 Å². The van der Waals surface area contributed by atoms with Crippen LogP contribution in [0.1, 0.15) is 24.5 Å². The molecule has 2 N–H and O–H groups in total. The molecular weight excluding hydrogens is 361 g/mol. The lowest BCUT2D eigenvalue weighted by atomic mass is 10.1. The van der Waals surface area contributed by atoms with E-state index in [-0.39, 0.29) is 17.3 Å². The number of hydrogen-bond acceptors (Lipinski definition) is 4. The molecule has 0 fully saturated rings. The molecule has 0 saturated heterocycles. The maximum atomic E-state index is 13.1. The number of halogens is 1. The summed E-state index contributed by atoms with van der Waals surface area (Å²) in [6.45, 7) is 1.90. The van der Waals surface area contributed by atoms with Gasteiger partial charge >= 0.3 is 5.69 Å². The second-order valence-electron chi connectivity index (χ2n) is 6.46. The number of nitrogens with one attached hydrogen (secondary N) is 1. The van der Waals surface area contributed by atoms with Crippen LogP contribution in [0.25, 0.3) is 5.69 Å². The number of benzene rings is 2. The topological polar surface area (TPSA) is 87.4 Å². The van der Waals surface area contributed by atoms with Crippen molar-refractivity contribution in [2.45, 2.75) is 25.8 Å². The van der Waals surface area contributed by atoms with Crippen LogP contribution in [-0.4, -0.2) is 26.9 Å². The van der Waals surface area contributed by atoms with Gasteiger partial charge in [-0.25, -0.2) is 13.8 Å². The quantitative estimate of drug-likeness (QED) is 0.644. The Bertz CT molecular complexity index is 1090. The van der Waals surface area contributed by atoms with E-state index >= 15 is 0 Å². The van der Waals surface area contributed by atoms with Crippen LogP contribution in [-0.2, 0) is 6.42 Å². The first-order chi connectivity index (χ1) is 13.5. The molecule has 3 aromatic rings. The molecule has 3 rings (SSSR count). The van der Waals surface area contributed by atoms with Crippen LogP contribution in [0.2, 0.25) is 0 Å². The highest BCUT2D eigenvalue weighted by atomic mass is 19.1. The minimum atomic E-state index is -0.816. The predicted octanol–water partition coefficient (Wildman–Crippen LogP) is 2.81. The lowest BCUT2D eigenvalue weighted by Gasteiger charge is -2.10. The molecule has 2 aromatic carbocycles. The number of aromatic nitrogens is 2. The summed E-state index contributed by atoms with van der Waals surface area (Å²) in [5, 5.41) is 10.5. The summed E-state index contributed by atoms with van der Waals surface area (Å²) >= 11 is 0. The first kappa shape index (κ1) is 19.3. The molecule has 0 saturated carbocycles. The maximum Gasteiger partial charge on any atom is 0.335 e. The molecule has 28 heavy (non-hydrogen) atoms. The van der Waals surface area contributed by atoms with Gasteiger partial charge in [0.1, 0.15) is 11.4 Å². The van der Waals surface area contributed by atoms with Crippen LogP contribution in [0.5, 0.6) is 5.88 Å². The first-order valence-electron chi connectivity index (χ1n) is 8.87. The molecular formula is C21H20FN3O3. The lowest BCUT2D eigenvalue weighted by Crippen LogP contribution is -2.31. The van der Waals surface area contributed by atoms with Crippen molar-refractivity contribution in [3.8, 4) is 11.6 Å². The van der Waals surface area contributed by atoms with E-state index in [1.807, 2.05) is 37.3 Å². The van der Waals surface area contributed by atoms with Crippen molar-refractivity contribution in [3.63, 3.8) is 0 Å². The van der Waals surface area contributed by atoms with E-state index in [0.717, 1.165) is 29.5 Å². The Labute approximate surface area is 160 Å². The van der Waals surface area contributed by atoms with Crippen molar-refractivity contribution in [2.75, 3.05) is 0 Å². The molecule has 0 bridgehead atoms. The fourth-order valence-electron chi connectivity index (χ4n) is 2.78. The number of H-pyrrole nitrogens is 1. The SMILES string of the molecule is C[C@H](CCc1ccccc1)N=Cc1c(O)n(-c2ccc(F)cc2)c(=O)[nH]c1=O. The van der Waals surface area contributed by atoms with Gasteiger partial charge in [0.15, 0.2) is 0 Å². The van der Waals surface area contributed by atoms with E-state index in [2.05, 4.69) is 9.98 Å². The summed E-state index contributed by atoms with van der Waals surface area (Å²) < 4.78 is 14.0. The number of aryl methyl sites for hydroxylation is 1. The zero-order chi connectivity index (χ0) is 20.1. The van der Waals surface area contributed by atoms with Crippen molar-refractivity contribution >= 4 is 6.21 Å². The number of rotatable bonds is 6. The van der Waals surface area contributed by atoms with Crippen LogP contribution < -0.4 is 11.2 Å². The van der Waals surface area contributed by atoms with Crippen LogP contribution in [0, 0.1) is 5.82 Å². The standard InChI is InChI=1S/C21H20FN3O3/c1-14(7-8-15-5-3-2-4-6-15)23-13-18-19(26)24-21(28)25(20(18)27)17-11-9-16(22)10-12-17/h2-6,9-14,27H,7-8H2,1H3,(H,24,26,28)/t14-/m1/s1. The van der Waals surface area contributed by atoms with E-state index in [4.69, 9.17) is 0 Å². The average molecular weight is 381 g/mol. The molecule has 0 aliphatic carbocycles. The van der Waals surface area contributed by atoms with Crippen molar-refractivity contribution in [2.24, 2.45) is 4.99 Å². The van der Waals surface area contributed by atoms with Gasteiger partial charge in [0.2, 0.25) is 5.88 Å². The lowest BCUT2D eigenvalue weighted by molar-refractivity contribution is 0.430. The summed E-state index contributed by atoms with van der Waals surface area (Å²) in [4.78, 5) is 30.7. The number of aromatic amines is 1. The van der Waals surface area contributed by atoms with Gasteiger partial charge in [0.05, 0.1) is 5.69 Å². The summed E-state index contributed by atoms with van der Waals surface area (Å²) in [6, 6.07) is 14.9. The van der Waals surface area contributed by atoms with Gasteiger partial charge in [0.25, 0.3) is 5.56 Å². The van der Waals surface area contributed by atoms with Crippen LogP contribution >= 0.6 is 0 Å². The Morgan fingerprint density at radius 3 is 2.50 bits per heavy atom. The van der Waals surface area contributed by atoms with Crippen molar-refractivity contribution in [3.05, 3.63) is 92.4 Å². The second-order valence-corrected chi connectivity index (χ2v) is 6.46. The minimum Gasteiger partial charge on any atom is -0.493 e. The molecule has 6 nitrogen and oxygen atoms in total. The number of hydrogen-bond donors (Lipinski definition) is 2. The molecule has 0 radical (unpaired) electrons. The van der Waals surface area contributed by atoms with E-state index in [0.29, 0.717) is 0 Å². The molecule has 1 heterocycles. The minimum absolute atomic E-state index is 0.0924. The van der Waals surface area contributed by atoms with Gasteiger partial charge in [-0.15, -0.1) is 0 Å². The number of aromatic hydroxyl groups is 1. The highest BCUT2D eigenvalue weighted by Gasteiger charge is 2.14. The smallest absolute Gasteiger partial charge is 0.335 e. The zero-order valence-corrected chi connectivity index (χ0v) is 15.3. The molecule has 0 aliphatic rings. The summed E-state index contributed by atoms with van der Waals surface area (Å²) in [5.74, 6) is -1.02. The fourth-order valence-corrected chi connectivity index (χ4v) is 2.78. The van der Waals surface area contributed by atoms with Gasteiger partial charge in [-0.1, -0.05) is 30.3 Å². The number of nitrogens with zero attached hydrogens (tertiary/aromatic N) is 2. The molecule has 1 atom stereocenters. The third kappa shape index (κ3) is 4.43. The van der Waals surface area contributed by atoms with Gasteiger partial charge in [-0.3, -0.25) is 14.8 Å². The van der Waals surface area contributed by atoms with Crippen LogP contribution in [0.4, 0.5) is 4.39 Å². The van der Waals surface area contributed by atoms with E-state index in [9.17, 15) is 19.1 Å². The van der Waals surface area contributed by atoms with Crippen molar-refractivity contribution in [1.82, 2.24) is 9.55 Å². The van der Waals surface area contributed by atoms with E-state index in [1.165, 1.54) is 23.9 Å². The summed E-state index contributed by atoms with van der Waals surface area (Å²) in [7, 11) is 0. The van der Waals surface area contributed by atoms with Gasteiger partial charge in [-0.2, -0.15) is 0 Å². The Hall–Kier alpha value is -3.48. The molecule has 0 amide bonds. The highest BCUT2D eigenvalue weighted by molar-refractivity contribution is 5.82. The third-order valence-electron chi connectivity index (χ3n) is 4.36. The van der Waals surface area contributed by atoms with Gasteiger partial charge in [-0.05, 0) is 49.6 Å². The largest absolute Gasteiger partial charge is 0.493 e. The molecule has 144 valence electrons. The van der Waals surface area contributed by atoms with Gasteiger partial charge < -0.3 is 5.11 Å². The highest BCUT2D eigenvalue weighted by Crippen LogP contribution is 2.16. The Kier molecular flexibility index (Phi) is 5.84. The number of aliphatic imine (C=N–C) groups is 1. The van der Waals surface area contributed by atoms with Crippen LogP contribution in [0.3, 0.4) is 0 Å². The average Bonchev–Trinajstić information content (AvgIpc) is 2.68. The Morgan fingerprint density at radius 1 is 1.14 bits per heavy atom.